The quantitative estimate of drug-likeness (QED) is 0.435. The van der Waals surface area contributed by atoms with Gasteiger partial charge >= 0.3 is 0 Å². The summed E-state index contributed by atoms with van der Waals surface area (Å²) in [6.45, 7) is 11.9. The Balaban J connectivity index is 0.00000146. The summed E-state index contributed by atoms with van der Waals surface area (Å²) in [7, 11) is 0. The van der Waals surface area contributed by atoms with Gasteiger partial charge in [0.1, 0.15) is 0 Å². The van der Waals surface area contributed by atoms with Gasteiger partial charge in [0.05, 0.1) is 0 Å². The fraction of sp³-hybridized carbons (Fsp3) is 0.250. The first kappa shape index (κ1) is 23.3. The average Bonchev–Trinajstić information content (AvgIpc) is 2.72. The van der Waals surface area contributed by atoms with E-state index in [1.54, 1.807) is 24.3 Å². The van der Waals surface area contributed by atoms with Gasteiger partial charge in [-0.25, -0.2) is 0 Å². The molecule has 0 heterocycles. The largest absolute Gasteiger partial charge is 0.285 e. The number of hydrogen-bond donors (Lipinski definition) is 0. The van der Waals surface area contributed by atoms with Crippen molar-refractivity contribution in [3.8, 4) is 0 Å². The number of carbonyl (C=O) groups is 2. The van der Waals surface area contributed by atoms with Crippen LogP contribution in [0.5, 0.6) is 0 Å². The SMILES string of the molecule is C/C=C/c1ccc(C(=O)C(=O)c2ccc(/C=C/C)cc2)cc1.CC.CC. The number of ketones is 2. The molecule has 0 N–H and O–H groups in total. The lowest BCUT2D eigenvalue weighted by Crippen LogP contribution is -2.14. The van der Waals surface area contributed by atoms with Crippen LogP contribution in [0.2, 0.25) is 0 Å². The summed E-state index contributed by atoms with van der Waals surface area (Å²) in [6.07, 6.45) is 7.73. The minimum atomic E-state index is -0.481. The van der Waals surface area contributed by atoms with Crippen LogP contribution in [-0.4, -0.2) is 11.6 Å². The number of Topliss-reactive ketones (excluding diaryl/α,β-unsaturated/α-hetero) is 2. The van der Waals surface area contributed by atoms with Gasteiger partial charge in [0.25, 0.3) is 0 Å². The van der Waals surface area contributed by atoms with Gasteiger partial charge in [-0.15, -0.1) is 0 Å². The van der Waals surface area contributed by atoms with E-state index in [1.807, 2.05) is 90.1 Å². The summed E-state index contributed by atoms with van der Waals surface area (Å²) in [6, 6.07) is 14.1. The van der Waals surface area contributed by atoms with E-state index in [0.29, 0.717) is 11.1 Å². The third kappa shape index (κ3) is 7.02. The second kappa shape index (κ2) is 13.5. The van der Waals surface area contributed by atoms with Gasteiger partial charge in [0, 0.05) is 11.1 Å². The van der Waals surface area contributed by atoms with Gasteiger partial charge in [0.15, 0.2) is 0 Å². The van der Waals surface area contributed by atoms with Crippen LogP contribution in [0.4, 0.5) is 0 Å². The van der Waals surface area contributed by atoms with Crippen molar-refractivity contribution in [2.24, 2.45) is 0 Å². The van der Waals surface area contributed by atoms with Gasteiger partial charge < -0.3 is 0 Å². The molecule has 0 aliphatic rings. The van der Waals surface area contributed by atoms with Crippen molar-refractivity contribution in [1.82, 2.24) is 0 Å². The molecule has 0 aliphatic heterocycles. The summed E-state index contributed by atoms with van der Waals surface area (Å²) in [5.74, 6) is -0.961. The van der Waals surface area contributed by atoms with E-state index >= 15 is 0 Å². The fourth-order valence-electron chi connectivity index (χ4n) is 2.14. The maximum Gasteiger partial charge on any atom is 0.233 e. The van der Waals surface area contributed by atoms with Gasteiger partial charge in [-0.3, -0.25) is 9.59 Å². The second-order valence-electron chi connectivity index (χ2n) is 4.90. The van der Waals surface area contributed by atoms with E-state index in [2.05, 4.69) is 0 Å². The summed E-state index contributed by atoms with van der Waals surface area (Å²) < 4.78 is 0. The van der Waals surface area contributed by atoms with E-state index in [-0.39, 0.29) is 0 Å². The molecule has 0 spiro atoms. The number of carbonyl (C=O) groups excluding carboxylic acids is 2. The van der Waals surface area contributed by atoms with Gasteiger partial charge in [-0.2, -0.15) is 0 Å². The molecular weight excluding hydrogens is 320 g/mol. The Bertz CT molecular complexity index is 652. The van der Waals surface area contributed by atoms with Crippen LogP contribution in [0.25, 0.3) is 12.2 Å². The van der Waals surface area contributed by atoms with E-state index in [0.717, 1.165) is 11.1 Å². The smallest absolute Gasteiger partial charge is 0.233 e. The monoisotopic (exact) mass is 350 g/mol. The molecule has 2 aromatic carbocycles. The van der Waals surface area contributed by atoms with Crippen molar-refractivity contribution in [3.05, 3.63) is 82.9 Å². The number of rotatable bonds is 5. The molecule has 2 rings (SSSR count). The molecule has 0 atom stereocenters. The molecule has 0 saturated heterocycles. The predicted molar refractivity (Wildman–Crippen MR) is 114 cm³/mol. The molecule has 0 aromatic heterocycles. The zero-order valence-electron chi connectivity index (χ0n) is 16.7. The lowest BCUT2D eigenvalue weighted by atomic mass is 9.99. The van der Waals surface area contributed by atoms with Crippen LogP contribution in [0.15, 0.2) is 60.7 Å². The third-order valence-electron chi connectivity index (χ3n) is 3.27. The molecule has 0 aliphatic carbocycles. The maximum atomic E-state index is 12.2. The molecule has 0 bridgehead atoms. The Morgan fingerprint density at radius 1 is 0.577 bits per heavy atom. The van der Waals surface area contributed by atoms with Crippen LogP contribution in [0, 0.1) is 0 Å². The summed E-state index contributed by atoms with van der Waals surface area (Å²) in [5, 5.41) is 0. The van der Waals surface area contributed by atoms with Crippen LogP contribution in [0.1, 0.15) is 73.4 Å². The van der Waals surface area contributed by atoms with Crippen molar-refractivity contribution in [1.29, 1.82) is 0 Å². The molecule has 138 valence electrons. The molecule has 0 amide bonds. The fourth-order valence-corrected chi connectivity index (χ4v) is 2.14. The van der Waals surface area contributed by atoms with Gasteiger partial charge in [-0.1, -0.05) is 101 Å². The topological polar surface area (TPSA) is 34.1 Å². The second-order valence-corrected chi connectivity index (χ2v) is 4.90. The lowest BCUT2D eigenvalue weighted by molar-refractivity contribution is 0.0817. The van der Waals surface area contributed by atoms with E-state index < -0.39 is 11.6 Å². The minimum Gasteiger partial charge on any atom is -0.285 e. The first-order valence-corrected chi connectivity index (χ1v) is 9.20. The number of allylic oxidation sites excluding steroid dienone is 2. The molecule has 0 fully saturated rings. The zero-order valence-corrected chi connectivity index (χ0v) is 16.7. The molecule has 0 unspecified atom stereocenters. The molecule has 2 aromatic rings. The van der Waals surface area contributed by atoms with Gasteiger partial charge in [0.2, 0.25) is 11.6 Å². The van der Waals surface area contributed by atoms with Gasteiger partial charge in [-0.05, 0) is 25.0 Å². The van der Waals surface area contributed by atoms with E-state index in [1.165, 1.54) is 0 Å². The van der Waals surface area contributed by atoms with Crippen LogP contribution < -0.4 is 0 Å². The van der Waals surface area contributed by atoms with Crippen LogP contribution in [0.3, 0.4) is 0 Å². The molecule has 2 heteroatoms. The Morgan fingerprint density at radius 2 is 0.846 bits per heavy atom. The standard InChI is InChI=1S/C20H18O2.2C2H6/c1-3-5-15-7-11-17(12-8-15)19(21)20(22)18-13-9-16(6-4-2)10-14-18;2*1-2/h3-14H,1-2H3;2*1-2H3/b5-3+,6-4+;;. The highest BCUT2D eigenvalue weighted by Gasteiger charge is 2.17. The highest BCUT2D eigenvalue weighted by atomic mass is 16.2. The number of benzene rings is 2. The van der Waals surface area contributed by atoms with Crippen molar-refractivity contribution in [2.75, 3.05) is 0 Å². The van der Waals surface area contributed by atoms with Crippen molar-refractivity contribution in [3.63, 3.8) is 0 Å². The van der Waals surface area contributed by atoms with Crippen LogP contribution >= 0.6 is 0 Å². The lowest BCUT2D eigenvalue weighted by Gasteiger charge is -2.02. The Morgan fingerprint density at radius 3 is 1.08 bits per heavy atom. The van der Waals surface area contributed by atoms with E-state index in [4.69, 9.17) is 0 Å². The third-order valence-corrected chi connectivity index (χ3v) is 3.27. The Labute approximate surface area is 158 Å². The average molecular weight is 351 g/mol. The first-order chi connectivity index (χ1) is 12.7. The predicted octanol–water partition coefficient (Wildman–Crippen LogP) is 6.87. The first-order valence-electron chi connectivity index (χ1n) is 9.20. The molecule has 0 radical (unpaired) electrons. The number of hydrogen-bond acceptors (Lipinski definition) is 2. The molecule has 26 heavy (non-hydrogen) atoms. The summed E-state index contributed by atoms with van der Waals surface area (Å²) in [4.78, 5) is 24.5. The van der Waals surface area contributed by atoms with Crippen molar-refractivity contribution in [2.45, 2.75) is 41.5 Å². The Hall–Kier alpha value is -2.74. The molecular formula is C24H30O2. The van der Waals surface area contributed by atoms with Crippen LogP contribution in [-0.2, 0) is 0 Å². The van der Waals surface area contributed by atoms with Crippen molar-refractivity contribution >= 4 is 23.7 Å². The summed E-state index contributed by atoms with van der Waals surface area (Å²) in [5.41, 5.74) is 2.83. The maximum absolute atomic E-state index is 12.2. The molecule has 2 nitrogen and oxygen atoms in total. The highest BCUT2D eigenvalue weighted by molar-refractivity contribution is 6.49. The van der Waals surface area contributed by atoms with E-state index in [9.17, 15) is 9.59 Å². The summed E-state index contributed by atoms with van der Waals surface area (Å²) >= 11 is 0. The highest BCUT2D eigenvalue weighted by Crippen LogP contribution is 2.12. The minimum absolute atomic E-state index is 0.413. The Kier molecular flexibility index (Phi) is 12.1. The zero-order chi connectivity index (χ0) is 19.9. The van der Waals surface area contributed by atoms with Crippen molar-refractivity contribution < 1.29 is 9.59 Å². The molecule has 0 saturated carbocycles. The normalized spacial score (nSPS) is 9.92.